The predicted octanol–water partition coefficient (Wildman–Crippen LogP) is 2.07. The molecule has 2 saturated heterocycles. The highest BCUT2D eigenvalue weighted by Crippen LogP contribution is 2.45. The molecule has 4 heteroatoms. The summed E-state index contributed by atoms with van der Waals surface area (Å²) in [7, 11) is 0. The Hall–Kier alpha value is -0.220. The summed E-state index contributed by atoms with van der Waals surface area (Å²) in [6.07, 6.45) is 4.79. The van der Waals surface area contributed by atoms with E-state index in [9.17, 15) is 9.90 Å². The zero-order chi connectivity index (χ0) is 12.0. The maximum absolute atomic E-state index is 11.6. The topological polar surface area (TPSA) is 40.5 Å². The van der Waals surface area contributed by atoms with Crippen LogP contribution in [0.25, 0.3) is 0 Å². The van der Waals surface area contributed by atoms with Gasteiger partial charge in [0.2, 0.25) is 0 Å². The summed E-state index contributed by atoms with van der Waals surface area (Å²) in [5, 5.41) is 10.1. The SMILES string of the molecule is CC1SCCC1N1CC2CCCC2C1C(=O)O. The molecule has 5 unspecified atom stereocenters. The minimum absolute atomic E-state index is 0.186. The van der Waals surface area contributed by atoms with E-state index in [-0.39, 0.29) is 6.04 Å². The van der Waals surface area contributed by atoms with E-state index in [0.717, 1.165) is 13.0 Å². The molecule has 0 amide bonds. The fourth-order valence-electron chi connectivity index (χ4n) is 4.16. The van der Waals surface area contributed by atoms with Crippen molar-refractivity contribution in [2.75, 3.05) is 12.3 Å². The van der Waals surface area contributed by atoms with Gasteiger partial charge in [-0.2, -0.15) is 11.8 Å². The molecule has 3 nitrogen and oxygen atoms in total. The summed E-state index contributed by atoms with van der Waals surface area (Å²) in [4.78, 5) is 13.9. The fraction of sp³-hybridized carbons (Fsp3) is 0.923. The van der Waals surface area contributed by atoms with Gasteiger partial charge in [-0.15, -0.1) is 0 Å². The van der Waals surface area contributed by atoms with E-state index in [0.29, 0.717) is 23.1 Å². The summed E-state index contributed by atoms with van der Waals surface area (Å²) in [5.41, 5.74) is 0. The van der Waals surface area contributed by atoms with Gasteiger partial charge in [0.15, 0.2) is 0 Å². The molecule has 0 aromatic heterocycles. The lowest BCUT2D eigenvalue weighted by Gasteiger charge is -2.32. The number of thioether (sulfide) groups is 1. The molecule has 3 fully saturated rings. The molecule has 5 atom stereocenters. The number of hydrogen-bond donors (Lipinski definition) is 1. The van der Waals surface area contributed by atoms with E-state index in [2.05, 4.69) is 11.8 Å². The van der Waals surface area contributed by atoms with Gasteiger partial charge in [-0.1, -0.05) is 13.3 Å². The van der Waals surface area contributed by atoms with E-state index in [1.807, 2.05) is 11.8 Å². The molecule has 0 aromatic carbocycles. The van der Waals surface area contributed by atoms with Crippen molar-refractivity contribution in [1.29, 1.82) is 0 Å². The van der Waals surface area contributed by atoms with Crippen LogP contribution in [0.1, 0.15) is 32.6 Å². The average molecular weight is 255 g/mol. The number of rotatable bonds is 2. The minimum Gasteiger partial charge on any atom is -0.480 e. The molecule has 0 spiro atoms. The van der Waals surface area contributed by atoms with Gasteiger partial charge in [0.05, 0.1) is 0 Å². The lowest BCUT2D eigenvalue weighted by Crippen LogP contribution is -2.47. The van der Waals surface area contributed by atoms with Gasteiger partial charge in [-0.25, -0.2) is 0 Å². The van der Waals surface area contributed by atoms with E-state index in [1.165, 1.54) is 25.0 Å². The zero-order valence-electron chi connectivity index (χ0n) is 10.3. The van der Waals surface area contributed by atoms with E-state index < -0.39 is 5.97 Å². The number of carboxylic acids is 1. The second kappa shape index (κ2) is 4.47. The van der Waals surface area contributed by atoms with E-state index >= 15 is 0 Å². The van der Waals surface area contributed by atoms with E-state index in [1.54, 1.807) is 0 Å². The summed E-state index contributed by atoms with van der Waals surface area (Å²) < 4.78 is 0. The third kappa shape index (κ3) is 1.89. The zero-order valence-corrected chi connectivity index (χ0v) is 11.2. The van der Waals surface area contributed by atoms with Gasteiger partial charge in [0.25, 0.3) is 0 Å². The first kappa shape index (κ1) is 11.8. The normalized spacial score (nSPS) is 46.3. The molecular formula is C13H21NO2S. The number of carboxylic acid groups (broad SMARTS) is 1. The average Bonchev–Trinajstić information content (AvgIpc) is 2.89. The van der Waals surface area contributed by atoms with Crippen molar-refractivity contribution in [2.24, 2.45) is 11.8 Å². The van der Waals surface area contributed by atoms with Crippen LogP contribution in [0.2, 0.25) is 0 Å². The molecule has 0 radical (unpaired) electrons. The van der Waals surface area contributed by atoms with Crippen LogP contribution in [0.5, 0.6) is 0 Å². The van der Waals surface area contributed by atoms with Crippen molar-refractivity contribution in [2.45, 2.75) is 49.9 Å². The third-order valence-electron chi connectivity index (χ3n) is 4.94. The van der Waals surface area contributed by atoms with Crippen molar-refractivity contribution >= 4 is 17.7 Å². The first-order valence-electron chi connectivity index (χ1n) is 6.78. The number of likely N-dealkylation sites (tertiary alicyclic amines) is 1. The van der Waals surface area contributed by atoms with Crippen LogP contribution < -0.4 is 0 Å². The summed E-state index contributed by atoms with van der Waals surface area (Å²) in [6.45, 7) is 3.30. The molecule has 2 heterocycles. The predicted molar refractivity (Wildman–Crippen MR) is 69.3 cm³/mol. The molecule has 0 aromatic rings. The molecule has 3 aliphatic rings. The maximum atomic E-state index is 11.6. The minimum atomic E-state index is -0.580. The van der Waals surface area contributed by atoms with Crippen molar-refractivity contribution in [3.63, 3.8) is 0 Å². The highest BCUT2D eigenvalue weighted by atomic mass is 32.2. The molecule has 96 valence electrons. The molecule has 17 heavy (non-hydrogen) atoms. The Balaban J connectivity index is 1.81. The van der Waals surface area contributed by atoms with Crippen LogP contribution in [0.3, 0.4) is 0 Å². The van der Waals surface area contributed by atoms with Gasteiger partial charge < -0.3 is 5.11 Å². The highest BCUT2D eigenvalue weighted by Gasteiger charge is 2.51. The van der Waals surface area contributed by atoms with Gasteiger partial charge in [-0.3, -0.25) is 9.69 Å². The van der Waals surface area contributed by atoms with Crippen LogP contribution in [-0.4, -0.2) is 45.6 Å². The lowest BCUT2D eigenvalue weighted by molar-refractivity contribution is -0.144. The van der Waals surface area contributed by atoms with Gasteiger partial charge in [0.1, 0.15) is 6.04 Å². The van der Waals surface area contributed by atoms with Gasteiger partial charge in [0, 0.05) is 17.8 Å². The van der Waals surface area contributed by atoms with Crippen molar-refractivity contribution in [3.05, 3.63) is 0 Å². The molecule has 0 bridgehead atoms. The largest absolute Gasteiger partial charge is 0.480 e. The monoisotopic (exact) mass is 255 g/mol. The van der Waals surface area contributed by atoms with Crippen LogP contribution in [0.15, 0.2) is 0 Å². The van der Waals surface area contributed by atoms with Gasteiger partial charge in [-0.05, 0) is 36.9 Å². The number of carbonyl (C=O) groups is 1. The number of fused-ring (bicyclic) bond motifs is 1. The second-order valence-corrected chi connectivity index (χ2v) is 7.25. The lowest BCUT2D eigenvalue weighted by atomic mass is 9.94. The first-order valence-corrected chi connectivity index (χ1v) is 7.83. The van der Waals surface area contributed by atoms with Crippen LogP contribution >= 0.6 is 11.8 Å². The molecule has 1 aliphatic carbocycles. The molecule has 1 saturated carbocycles. The highest BCUT2D eigenvalue weighted by molar-refractivity contribution is 8.00. The Morgan fingerprint density at radius 3 is 2.82 bits per heavy atom. The summed E-state index contributed by atoms with van der Waals surface area (Å²) in [5.74, 6) is 1.71. The van der Waals surface area contributed by atoms with Crippen LogP contribution in [-0.2, 0) is 4.79 Å². The Kier molecular flexibility index (Phi) is 3.11. The van der Waals surface area contributed by atoms with Gasteiger partial charge >= 0.3 is 5.97 Å². The third-order valence-corrected chi connectivity index (χ3v) is 6.25. The second-order valence-electron chi connectivity index (χ2n) is 5.77. The quantitative estimate of drug-likeness (QED) is 0.820. The van der Waals surface area contributed by atoms with Crippen molar-refractivity contribution < 1.29 is 9.90 Å². The molecule has 2 aliphatic heterocycles. The van der Waals surface area contributed by atoms with Crippen molar-refractivity contribution in [3.8, 4) is 0 Å². The van der Waals surface area contributed by atoms with Crippen LogP contribution in [0, 0.1) is 11.8 Å². The summed E-state index contributed by atoms with van der Waals surface area (Å²) in [6, 6.07) is 0.320. The Labute approximate surface area is 107 Å². The molecule has 1 N–H and O–H groups in total. The maximum Gasteiger partial charge on any atom is 0.321 e. The smallest absolute Gasteiger partial charge is 0.321 e. The fourth-order valence-corrected chi connectivity index (χ4v) is 5.42. The van der Waals surface area contributed by atoms with E-state index in [4.69, 9.17) is 0 Å². The Bertz CT molecular complexity index is 323. The number of nitrogens with zero attached hydrogens (tertiary/aromatic N) is 1. The summed E-state index contributed by atoms with van der Waals surface area (Å²) >= 11 is 2.00. The standard InChI is InChI=1S/C13H21NO2S/c1-8-11(5-6-17-8)14-7-9-3-2-4-10(9)12(14)13(15)16/h8-12H,2-7H2,1H3,(H,15,16). The molecular weight excluding hydrogens is 234 g/mol. The first-order chi connectivity index (χ1) is 8.18. The number of aliphatic carboxylic acids is 1. The van der Waals surface area contributed by atoms with Crippen LogP contribution in [0.4, 0.5) is 0 Å². The number of hydrogen-bond acceptors (Lipinski definition) is 3. The Morgan fingerprint density at radius 2 is 2.18 bits per heavy atom. The Morgan fingerprint density at radius 1 is 1.35 bits per heavy atom. The van der Waals surface area contributed by atoms with Crippen molar-refractivity contribution in [1.82, 2.24) is 4.90 Å². The molecule has 3 rings (SSSR count).